The van der Waals surface area contributed by atoms with E-state index >= 15 is 0 Å². The Balaban J connectivity index is 2.70. The average Bonchev–Trinajstić information content (AvgIpc) is 2.66. The van der Waals surface area contributed by atoms with Crippen molar-refractivity contribution < 1.29 is 8.84 Å². The summed E-state index contributed by atoms with van der Waals surface area (Å²) in [5, 5.41) is 7.62. The molecule has 0 spiro atoms. The molecule has 17 heavy (non-hydrogen) atoms. The van der Waals surface area contributed by atoms with Crippen LogP contribution in [0.1, 0.15) is 39.6 Å². The van der Waals surface area contributed by atoms with Crippen LogP contribution in [0.15, 0.2) is 10.8 Å². The molecule has 6 heteroatoms. The van der Waals surface area contributed by atoms with Gasteiger partial charge in [0.15, 0.2) is 8.32 Å². The van der Waals surface area contributed by atoms with Gasteiger partial charge in [-0.05, 0) is 25.1 Å². The van der Waals surface area contributed by atoms with E-state index in [0.717, 1.165) is 0 Å². The van der Waals surface area contributed by atoms with Gasteiger partial charge >= 0.3 is 0 Å². The largest absolute Gasteiger partial charge is 0.426 e. The van der Waals surface area contributed by atoms with Gasteiger partial charge in [-0.25, -0.2) is 0 Å². The SMILES string of the molecule is CC(O[Si](C)(C)C(C)(C)C)C(N)c1nnco1. The van der Waals surface area contributed by atoms with E-state index in [1.165, 1.54) is 6.39 Å². The van der Waals surface area contributed by atoms with Crippen LogP contribution in [-0.4, -0.2) is 24.6 Å². The van der Waals surface area contributed by atoms with E-state index in [2.05, 4.69) is 44.1 Å². The van der Waals surface area contributed by atoms with Crippen molar-refractivity contribution in [2.45, 2.75) is 58.0 Å². The van der Waals surface area contributed by atoms with Gasteiger partial charge in [0.05, 0.1) is 6.10 Å². The topological polar surface area (TPSA) is 74.2 Å². The van der Waals surface area contributed by atoms with Crippen LogP contribution in [0.4, 0.5) is 0 Å². The van der Waals surface area contributed by atoms with E-state index in [-0.39, 0.29) is 17.2 Å². The fourth-order valence-corrected chi connectivity index (χ4v) is 2.67. The van der Waals surface area contributed by atoms with E-state index in [1.807, 2.05) is 6.92 Å². The molecule has 2 atom stereocenters. The summed E-state index contributed by atoms with van der Waals surface area (Å²) in [6.07, 6.45) is 1.16. The maximum Gasteiger partial charge on any atom is 0.235 e. The molecular formula is C11H23N3O2Si. The molecule has 0 aliphatic rings. The van der Waals surface area contributed by atoms with E-state index in [1.54, 1.807) is 0 Å². The Kier molecular flexibility index (Phi) is 4.11. The quantitative estimate of drug-likeness (QED) is 0.839. The summed E-state index contributed by atoms with van der Waals surface area (Å²) < 4.78 is 11.3. The van der Waals surface area contributed by atoms with Gasteiger partial charge in [0, 0.05) is 0 Å². The molecule has 0 aromatic carbocycles. The van der Waals surface area contributed by atoms with Gasteiger partial charge in [-0.15, -0.1) is 10.2 Å². The Labute approximate surface area is 104 Å². The molecule has 2 unspecified atom stereocenters. The highest BCUT2D eigenvalue weighted by atomic mass is 28.4. The van der Waals surface area contributed by atoms with Crippen LogP contribution in [0.3, 0.4) is 0 Å². The van der Waals surface area contributed by atoms with Gasteiger partial charge < -0.3 is 14.6 Å². The molecule has 0 bridgehead atoms. The molecule has 1 aromatic rings. The first-order chi connectivity index (χ1) is 7.65. The van der Waals surface area contributed by atoms with Crippen molar-refractivity contribution in [3.8, 4) is 0 Å². The standard InChI is InChI=1S/C11H23N3O2Si/c1-8(9(12)10-14-13-7-15-10)16-17(5,6)11(2,3)4/h7-9H,12H2,1-6H3. The predicted molar refractivity (Wildman–Crippen MR) is 69.0 cm³/mol. The molecule has 0 amide bonds. The summed E-state index contributed by atoms with van der Waals surface area (Å²) in [7, 11) is -1.81. The highest BCUT2D eigenvalue weighted by molar-refractivity contribution is 6.74. The summed E-state index contributed by atoms with van der Waals surface area (Å²) in [5.74, 6) is 0.427. The number of hydrogen-bond donors (Lipinski definition) is 1. The highest BCUT2D eigenvalue weighted by Gasteiger charge is 2.39. The Bertz CT molecular complexity index is 346. The van der Waals surface area contributed by atoms with Gasteiger partial charge in [-0.2, -0.15) is 0 Å². The van der Waals surface area contributed by atoms with Gasteiger partial charge in [0.1, 0.15) is 6.04 Å². The van der Waals surface area contributed by atoms with Gasteiger partial charge in [-0.1, -0.05) is 20.8 Å². The molecule has 0 aliphatic heterocycles. The van der Waals surface area contributed by atoms with Crippen LogP contribution < -0.4 is 5.73 Å². The smallest absolute Gasteiger partial charge is 0.235 e. The average molecular weight is 257 g/mol. The third kappa shape index (κ3) is 3.37. The molecule has 0 radical (unpaired) electrons. The van der Waals surface area contributed by atoms with Crippen LogP contribution in [0.25, 0.3) is 0 Å². The Hall–Kier alpha value is -0.723. The lowest BCUT2D eigenvalue weighted by Crippen LogP contribution is -2.45. The molecule has 98 valence electrons. The summed E-state index contributed by atoms with van der Waals surface area (Å²) in [4.78, 5) is 0. The predicted octanol–water partition coefficient (Wildman–Crippen LogP) is 2.48. The molecule has 1 rings (SSSR count). The van der Waals surface area contributed by atoms with Crippen molar-refractivity contribution in [2.24, 2.45) is 5.73 Å². The van der Waals surface area contributed by atoms with Crippen LogP contribution in [0.5, 0.6) is 0 Å². The van der Waals surface area contributed by atoms with Crippen LogP contribution in [0.2, 0.25) is 18.1 Å². The van der Waals surface area contributed by atoms with Crippen molar-refractivity contribution in [1.82, 2.24) is 10.2 Å². The summed E-state index contributed by atoms with van der Waals surface area (Å²) >= 11 is 0. The van der Waals surface area contributed by atoms with E-state index in [9.17, 15) is 0 Å². The fraction of sp³-hybridized carbons (Fsp3) is 0.818. The van der Waals surface area contributed by atoms with Crippen LogP contribution in [-0.2, 0) is 4.43 Å². The van der Waals surface area contributed by atoms with Crippen molar-refractivity contribution in [3.05, 3.63) is 12.3 Å². The van der Waals surface area contributed by atoms with Crippen molar-refractivity contribution in [3.63, 3.8) is 0 Å². The number of hydrogen-bond acceptors (Lipinski definition) is 5. The lowest BCUT2D eigenvalue weighted by Gasteiger charge is -2.39. The van der Waals surface area contributed by atoms with Crippen molar-refractivity contribution >= 4 is 8.32 Å². The van der Waals surface area contributed by atoms with E-state index in [0.29, 0.717) is 5.89 Å². The van der Waals surface area contributed by atoms with Crippen molar-refractivity contribution in [1.29, 1.82) is 0 Å². The van der Waals surface area contributed by atoms with E-state index in [4.69, 9.17) is 14.6 Å². The second kappa shape index (κ2) is 4.87. The molecule has 1 heterocycles. The number of nitrogens with zero attached hydrogens (tertiary/aromatic N) is 2. The maximum atomic E-state index is 6.17. The third-order valence-electron chi connectivity index (χ3n) is 3.45. The monoisotopic (exact) mass is 257 g/mol. The van der Waals surface area contributed by atoms with Gasteiger partial charge in [0.2, 0.25) is 12.3 Å². The van der Waals surface area contributed by atoms with E-state index < -0.39 is 8.32 Å². The molecule has 2 N–H and O–H groups in total. The summed E-state index contributed by atoms with van der Waals surface area (Å²) in [6.45, 7) is 12.9. The second-order valence-corrected chi connectivity index (χ2v) is 10.6. The minimum absolute atomic E-state index is 0.128. The zero-order valence-corrected chi connectivity index (χ0v) is 12.5. The molecule has 1 aromatic heterocycles. The van der Waals surface area contributed by atoms with Crippen molar-refractivity contribution in [2.75, 3.05) is 0 Å². The minimum atomic E-state index is -1.81. The Morgan fingerprint density at radius 3 is 2.41 bits per heavy atom. The number of rotatable bonds is 4. The lowest BCUT2D eigenvalue weighted by molar-refractivity contribution is 0.157. The zero-order chi connectivity index (χ0) is 13.3. The normalized spacial score (nSPS) is 16.9. The first-order valence-electron chi connectivity index (χ1n) is 5.84. The third-order valence-corrected chi connectivity index (χ3v) is 8.03. The highest BCUT2D eigenvalue weighted by Crippen LogP contribution is 2.38. The Morgan fingerprint density at radius 2 is 2.00 bits per heavy atom. The fourth-order valence-electron chi connectivity index (χ4n) is 1.24. The Morgan fingerprint density at radius 1 is 1.41 bits per heavy atom. The van der Waals surface area contributed by atoms with Gasteiger partial charge in [-0.3, -0.25) is 0 Å². The van der Waals surface area contributed by atoms with Crippen LogP contribution in [0, 0.1) is 0 Å². The zero-order valence-electron chi connectivity index (χ0n) is 11.5. The molecule has 0 fully saturated rings. The maximum absolute atomic E-state index is 6.17. The molecule has 0 aliphatic carbocycles. The molecule has 0 saturated carbocycles. The lowest BCUT2D eigenvalue weighted by atomic mass is 10.2. The minimum Gasteiger partial charge on any atom is -0.426 e. The molecule has 0 saturated heterocycles. The van der Waals surface area contributed by atoms with Gasteiger partial charge in [0.25, 0.3) is 0 Å². The van der Waals surface area contributed by atoms with Crippen LogP contribution >= 0.6 is 0 Å². The summed E-state index contributed by atoms with van der Waals surface area (Å²) in [5.41, 5.74) is 6.03. The first-order valence-corrected chi connectivity index (χ1v) is 8.75. The second-order valence-electron chi connectivity index (χ2n) is 5.89. The number of nitrogens with two attached hydrogens (primary N) is 1. The summed E-state index contributed by atoms with van der Waals surface area (Å²) in [6, 6.07) is -0.369. The molecular weight excluding hydrogens is 234 g/mol. The first kappa shape index (κ1) is 14.3. The molecule has 5 nitrogen and oxygen atoms in total. The number of aromatic nitrogens is 2.